The number of aryl methyl sites for hydroxylation is 1. The lowest BCUT2D eigenvalue weighted by molar-refractivity contribution is 0.104. The van der Waals surface area contributed by atoms with Crippen LogP contribution >= 0.6 is 0 Å². The van der Waals surface area contributed by atoms with E-state index in [2.05, 4.69) is 0 Å². The van der Waals surface area contributed by atoms with Crippen LogP contribution in [0.1, 0.15) is 21.5 Å². The molecule has 1 aromatic heterocycles. The van der Waals surface area contributed by atoms with Gasteiger partial charge < -0.3 is 23.7 Å². The standard InChI is InChI=1S/C22H20O7/c1-12-7-22(25)29-19-10-17(24)15(9-14(12)19)16(23)6-5-13-8-20(27-3)21(28-4)11-18(13)26-2/h5-11,24H,1-4H3/b6-5+. The number of hydrogen-bond acceptors (Lipinski definition) is 7. The minimum atomic E-state index is -0.520. The average molecular weight is 396 g/mol. The first kappa shape index (κ1) is 20.0. The molecule has 0 unspecified atom stereocenters. The Morgan fingerprint density at radius 1 is 0.966 bits per heavy atom. The van der Waals surface area contributed by atoms with Gasteiger partial charge in [-0.25, -0.2) is 4.79 Å². The summed E-state index contributed by atoms with van der Waals surface area (Å²) in [4.78, 5) is 24.2. The van der Waals surface area contributed by atoms with E-state index in [1.165, 1.54) is 45.6 Å². The number of methoxy groups -OCH3 is 3. The van der Waals surface area contributed by atoms with Crippen LogP contribution in [0.25, 0.3) is 17.0 Å². The number of ketones is 1. The molecule has 0 radical (unpaired) electrons. The third-order valence-electron chi connectivity index (χ3n) is 4.48. The molecule has 0 atom stereocenters. The van der Waals surface area contributed by atoms with E-state index < -0.39 is 11.4 Å². The first-order valence-corrected chi connectivity index (χ1v) is 8.67. The molecular weight excluding hydrogens is 376 g/mol. The minimum absolute atomic E-state index is 0.0881. The lowest BCUT2D eigenvalue weighted by Crippen LogP contribution is -2.00. The molecule has 1 heterocycles. The van der Waals surface area contributed by atoms with Crippen LogP contribution in [0.15, 0.2) is 45.6 Å². The monoisotopic (exact) mass is 396 g/mol. The summed E-state index contributed by atoms with van der Waals surface area (Å²) in [5.74, 6) is 0.774. The fourth-order valence-corrected chi connectivity index (χ4v) is 2.99. The first-order chi connectivity index (χ1) is 13.9. The molecule has 0 saturated heterocycles. The van der Waals surface area contributed by atoms with Gasteiger partial charge in [-0.1, -0.05) is 0 Å². The Morgan fingerprint density at radius 3 is 2.28 bits per heavy atom. The number of phenols is 1. The number of phenolic OH excluding ortho intramolecular Hbond substituents is 1. The molecule has 0 amide bonds. The maximum atomic E-state index is 12.7. The third-order valence-corrected chi connectivity index (χ3v) is 4.48. The quantitative estimate of drug-likeness (QED) is 0.385. The molecule has 3 aromatic rings. The van der Waals surface area contributed by atoms with E-state index >= 15 is 0 Å². The van der Waals surface area contributed by atoms with Gasteiger partial charge in [0.05, 0.1) is 26.9 Å². The predicted molar refractivity (Wildman–Crippen MR) is 108 cm³/mol. The molecule has 0 aliphatic carbocycles. The van der Waals surface area contributed by atoms with Gasteiger partial charge in [-0.15, -0.1) is 0 Å². The zero-order valence-electron chi connectivity index (χ0n) is 16.4. The van der Waals surface area contributed by atoms with Crippen molar-refractivity contribution in [2.45, 2.75) is 6.92 Å². The van der Waals surface area contributed by atoms with Crippen molar-refractivity contribution in [1.82, 2.24) is 0 Å². The second-order valence-corrected chi connectivity index (χ2v) is 6.26. The summed E-state index contributed by atoms with van der Waals surface area (Å²) in [6, 6.07) is 7.43. The van der Waals surface area contributed by atoms with Crippen LogP contribution in [0, 0.1) is 6.92 Å². The highest BCUT2D eigenvalue weighted by Gasteiger charge is 2.14. The summed E-state index contributed by atoms with van der Waals surface area (Å²) in [6.07, 6.45) is 2.88. The van der Waals surface area contributed by atoms with E-state index in [1.807, 2.05) is 0 Å². The number of carbonyl (C=O) groups is 1. The van der Waals surface area contributed by atoms with Gasteiger partial charge in [0.15, 0.2) is 17.3 Å². The summed E-state index contributed by atoms with van der Waals surface area (Å²) in [6.45, 7) is 1.73. The Hall–Kier alpha value is -3.74. The Morgan fingerprint density at radius 2 is 1.62 bits per heavy atom. The molecule has 0 bridgehead atoms. The number of aromatic hydroxyl groups is 1. The van der Waals surface area contributed by atoms with E-state index in [0.717, 1.165) is 0 Å². The van der Waals surface area contributed by atoms with Gasteiger partial charge in [0.1, 0.15) is 17.1 Å². The molecule has 0 saturated carbocycles. The Labute approximate surface area is 166 Å². The summed E-state index contributed by atoms with van der Waals surface area (Å²) >= 11 is 0. The van der Waals surface area contributed by atoms with Crippen molar-refractivity contribution in [2.75, 3.05) is 21.3 Å². The second-order valence-electron chi connectivity index (χ2n) is 6.26. The number of rotatable bonds is 6. The van der Waals surface area contributed by atoms with E-state index in [9.17, 15) is 14.7 Å². The van der Waals surface area contributed by atoms with Crippen molar-refractivity contribution in [1.29, 1.82) is 0 Å². The molecule has 1 N–H and O–H groups in total. The van der Waals surface area contributed by atoms with Crippen molar-refractivity contribution in [3.8, 4) is 23.0 Å². The van der Waals surface area contributed by atoms with Crippen molar-refractivity contribution in [3.05, 3.63) is 63.5 Å². The molecule has 150 valence electrons. The normalized spacial score (nSPS) is 11.0. The zero-order chi connectivity index (χ0) is 21.1. The fraction of sp³-hybridized carbons (Fsp3) is 0.182. The highest BCUT2D eigenvalue weighted by Crippen LogP contribution is 2.35. The van der Waals surface area contributed by atoms with Crippen LogP contribution in [0.2, 0.25) is 0 Å². The molecule has 29 heavy (non-hydrogen) atoms. The molecule has 0 aliphatic heterocycles. The molecule has 2 aromatic carbocycles. The van der Waals surface area contributed by atoms with Crippen LogP contribution < -0.4 is 19.8 Å². The topological polar surface area (TPSA) is 95.2 Å². The summed E-state index contributed by atoms with van der Waals surface area (Å²) in [5.41, 5.74) is 1.03. The molecule has 3 rings (SSSR count). The number of fused-ring (bicyclic) bond motifs is 1. The highest BCUT2D eigenvalue weighted by atomic mass is 16.5. The summed E-state index contributed by atoms with van der Waals surface area (Å²) in [5, 5.41) is 10.8. The fourth-order valence-electron chi connectivity index (χ4n) is 2.99. The smallest absolute Gasteiger partial charge is 0.336 e. The highest BCUT2D eigenvalue weighted by molar-refractivity contribution is 6.10. The van der Waals surface area contributed by atoms with Gasteiger partial charge in [-0.3, -0.25) is 4.79 Å². The molecule has 0 spiro atoms. The maximum Gasteiger partial charge on any atom is 0.336 e. The van der Waals surface area contributed by atoms with E-state index in [4.69, 9.17) is 18.6 Å². The van der Waals surface area contributed by atoms with Gasteiger partial charge in [0.25, 0.3) is 0 Å². The SMILES string of the molecule is COc1cc(OC)c(OC)cc1/C=C/C(=O)c1cc2c(C)cc(=O)oc2cc1O. The summed E-state index contributed by atoms with van der Waals surface area (Å²) in [7, 11) is 4.53. The van der Waals surface area contributed by atoms with E-state index in [1.54, 1.807) is 25.1 Å². The maximum absolute atomic E-state index is 12.7. The van der Waals surface area contributed by atoms with Crippen LogP contribution in [0.4, 0.5) is 0 Å². The minimum Gasteiger partial charge on any atom is -0.507 e. The number of hydrogen-bond donors (Lipinski definition) is 1. The number of carbonyl (C=O) groups excluding carboxylic acids is 1. The lowest BCUT2D eigenvalue weighted by atomic mass is 10.0. The van der Waals surface area contributed by atoms with E-state index in [0.29, 0.717) is 33.8 Å². The van der Waals surface area contributed by atoms with Crippen molar-refractivity contribution in [3.63, 3.8) is 0 Å². The van der Waals surface area contributed by atoms with Crippen molar-refractivity contribution >= 4 is 22.8 Å². The predicted octanol–water partition coefficient (Wildman–Crippen LogP) is 3.73. The Bertz CT molecular complexity index is 1170. The van der Waals surface area contributed by atoms with Gasteiger partial charge in [0.2, 0.25) is 0 Å². The number of allylic oxidation sites excluding steroid dienone is 1. The molecule has 0 aliphatic rings. The average Bonchev–Trinajstić information content (AvgIpc) is 2.70. The lowest BCUT2D eigenvalue weighted by Gasteiger charge is -2.12. The second kappa shape index (κ2) is 8.10. The molecule has 0 fully saturated rings. The molecular formula is C22H20O7. The van der Waals surface area contributed by atoms with Crippen LogP contribution in [-0.4, -0.2) is 32.2 Å². The van der Waals surface area contributed by atoms with Gasteiger partial charge in [0, 0.05) is 29.1 Å². The first-order valence-electron chi connectivity index (χ1n) is 8.67. The third kappa shape index (κ3) is 3.94. The summed E-state index contributed by atoms with van der Waals surface area (Å²) < 4.78 is 20.9. The van der Waals surface area contributed by atoms with Gasteiger partial charge >= 0.3 is 5.63 Å². The molecule has 7 nitrogen and oxygen atoms in total. The number of ether oxygens (including phenoxy) is 3. The van der Waals surface area contributed by atoms with Gasteiger partial charge in [-0.2, -0.15) is 0 Å². The molecule has 7 heteroatoms. The Balaban J connectivity index is 2.01. The van der Waals surface area contributed by atoms with Crippen molar-refractivity contribution < 1.29 is 28.5 Å². The number of benzene rings is 2. The van der Waals surface area contributed by atoms with Gasteiger partial charge in [-0.05, 0) is 36.8 Å². The largest absolute Gasteiger partial charge is 0.507 e. The van der Waals surface area contributed by atoms with Crippen LogP contribution in [-0.2, 0) is 0 Å². The van der Waals surface area contributed by atoms with Crippen LogP contribution in [0.3, 0.4) is 0 Å². The van der Waals surface area contributed by atoms with Crippen LogP contribution in [0.5, 0.6) is 23.0 Å². The zero-order valence-corrected chi connectivity index (χ0v) is 16.4. The Kier molecular flexibility index (Phi) is 5.59. The van der Waals surface area contributed by atoms with E-state index in [-0.39, 0.29) is 16.9 Å². The van der Waals surface area contributed by atoms with Crippen molar-refractivity contribution in [2.24, 2.45) is 0 Å².